The second kappa shape index (κ2) is 20.0. The van der Waals surface area contributed by atoms with E-state index in [0.717, 1.165) is 33.6 Å². The highest BCUT2D eigenvalue weighted by atomic mass is 32.2. The SMILES string of the molecule is COc1ccc(CN(Cc2ccc(OC)cc2)S(=O)(=O)c2c(CC3CCN(C(=O)OC(C)(C)C)CC3)ccc(-c3ccc(CN)cc3)c2-c2nnn(Cc3ccc(OC)cc3)n2)cc1. The number of carbonyl (C=O) groups excluding carboxylic acids is 1. The monoisotopic (exact) mass is 887 g/mol. The minimum Gasteiger partial charge on any atom is -0.497 e. The molecule has 15 heteroatoms. The summed E-state index contributed by atoms with van der Waals surface area (Å²) in [5.41, 5.74) is 11.1. The first-order chi connectivity index (χ1) is 30.8. The van der Waals surface area contributed by atoms with Crippen LogP contribution in [0.4, 0.5) is 4.79 Å². The van der Waals surface area contributed by atoms with Crippen molar-refractivity contribution in [1.82, 2.24) is 29.4 Å². The summed E-state index contributed by atoms with van der Waals surface area (Å²) in [4.78, 5) is 16.4. The smallest absolute Gasteiger partial charge is 0.410 e. The van der Waals surface area contributed by atoms with Gasteiger partial charge in [0, 0.05) is 32.7 Å². The lowest BCUT2D eigenvalue weighted by molar-refractivity contribution is 0.0184. The van der Waals surface area contributed by atoms with Gasteiger partial charge < -0.3 is 29.6 Å². The number of sulfonamides is 1. The highest BCUT2D eigenvalue weighted by Crippen LogP contribution is 2.41. The summed E-state index contributed by atoms with van der Waals surface area (Å²) in [7, 11) is 0.405. The summed E-state index contributed by atoms with van der Waals surface area (Å²) in [6.07, 6.45) is 1.40. The molecule has 1 saturated heterocycles. The molecule has 2 N–H and O–H groups in total. The Kier molecular flexibility index (Phi) is 14.3. The first-order valence-electron chi connectivity index (χ1n) is 21.4. The van der Waals surface area contributed by atoms with E-state index in [9.17, 15) is 4.79 Å². The van der Waals surface area contributed by atoms with E-state index >= 15 is 8.42 Å². The zero-order valence-electron chi connectivity index (χ0n) is 37.4. The maximum absolute atomic E-state index is 16.1. The molecule has 0 aliphatic carbocycles. The van der Waals surface area contributed by atoms with Crippen LogP contribution in [-0.2, 0) is 47.4 Å². The standard InChI is InChI=1S/C49H57N7O7S/c1-49(2,3)63-48(57)54-27-25-34(26-28-54)29-40-17-24-44(39-15-7-35(30-50)8-16-39)45(47-51-53-56(52-47)33-38-13-22-43(62-6)23-14-38)46(40)64(58,59)55(31-36-9-18-41(60-4)19-10-36)32-37-11-20-42(61-5)21-12-37/h7-24,34H,25-33,50H2,1-6H3. The van der Waals surface area contributed by atoms with Gasteiger partial charge in [0.15, 0.2) is 0 Å². The van der Waals surface area contributed by atoms with Crippen LogP contribution >= 0.6 is 0 Å². The molecule has 5 aromatic carbocycles. The van der Waals surface area contributed by atoms with Crippen molar-refractivity contribution in [3.05, 3.63) is 137 Å². The fourth-order valence-corrected chi connectivity index (χ4v) is 9.69. The molecule has 1 aliphatic heterocycles. The van der Waals surface area contributed by atoms with Crippen molar-refractivity contribution in [3.8, 4) is 39.8 Å². The number of rotatable bonds is 16. The summed E-state index contributed by atoms with van der Waals surface area (Å²) in [5.74, 6) is 2.27. The van der Waals surface area contributed by atoms with Crippen LogP contribution in [-0.4, -0.2) is 83.9 Å². The van der Waals surface area contributed by atoms with E-state index < -0.39 is 15.6 Å². The Morgan fingerprint density at radius 3 is 1.75 bits per heavy atom. The summed E-state index contributed by atoms with van der Waals surface area (Å²) in [6.45, 7) is 7.29. The van der Waals surface area contributed by atoms with Crippen molar-refractivity contribution < 1.29 is 32.2 Å². The molecule has 0 radical (unpaired) electrons. The van der Waals surface area contributed by atoms with Gasteiger partial charge in [-0.3, -0.25) is 0 Å². The fourth-order valence-electron chi connectivity index (χ4n) is 7.85. The molecule has 0 saturated carbocycles. The quantitative estimate of drug-likeness (QED) is 0.0998. The molecule has 1 amide bonds. The number of likely N-dealkylation sites (tertiary alicyclic amines) is 1. The Bertz CT molecular complexity index is 2550. The molecular weight excluding hydrogens is 831 g/mol. The van der Waals surface area contributed by atoms with Crippen LogP contribution in [0.15, 0.2) is 114 Å². The van der Waals surface area contributed by atoms with Gasteiger partial charge in [-0.15, -0.1) is 10.2 Å². The van der Waals surface area contributed by atoms with Crippen molar-refractivity contribution >= 4 is 16.1 Å². The van der Waals surface area contributed by atoms with E-state index in [1.54, 1.807) is 26.2 Å². The molecule has 1 fully saturated rings. The number of nitrogens with zero attached hydrogens (tertiary/aromatic N) is 6. The van der Waals surface area contributed by atoms with Gasteiger partial charge in [0.1, 0.15) is 22.8 Å². The van der Waals surface area contributed by atoms with Crippen molar-refractivity contribution in [2.24, 2.45) is 11.7 Å². The van der Waals surface area contributed by atoms with Gasteiger partial charge in [0.05, 0.1) is 38.3 Å². The largest absolute Gasteiger partial charge is 0.497 e. The highest BCUT2D eigenvalue weighted by molar-refractivity contribution is 7.89. The number of aromatic nitrogens is 4. The van der Waals surface area contributed by atoms with Gasteiger partial charge >= 0.3 is 6.09 Å². The van der Waals surface area contributed by atoms with Crippen molar-refractivity contribution in [2.45, 2.75) is 76.7 Å². The summed E-state index contributed by atoms with van der Waals surface area (Å²) in [5, 5.41) is 14.0. The number of methoxy groups -OCH3 is 3. The molecule has 1 aromatic heterocycles. The molecule has 7 rings (SSSR count). The van der Waals surface area contributed by atoms with Crippen LogP contribution in [0, 0.1) is 5.92 Å². The minimum atomic E-state index is -4.40. The number of amides is 1. The second-order valence-electron chi connectivity index (χ2n) is 17.0. The van der Waals surface area contributed by atoms with Crippen LogP contribution in [0.5, 0.6) is 17.2 Å². The third-order valence-electron chi connectivity index (χ3n) is 11.3. The van der Waals surface area contributed by atoms with E-state index in [1.165, 1.54) is 9.10 Å². The highest BCUT2D eigenvalue weighted by Gasteiger charge is 2.36. The number of carbonyl (C=O) groups is 1. The second-order valence-corrected chi connectivity index (χ2v) is 18.8. The van der Waals surface area contributed by atoms with Crippen LogP contribution in [0.1, 0.15) is 61.4 Å². The molecular formula is C49H57N7O7S. The van der Waals surface area contributed by atoms with Gasteiger partial charge in [-0.25, -0.2) is 13.2 Å². The topological polar surface area (TPSA) is 164 Å². The average molecular weight is 888 g/mol. The maximum Gasteiger partial charge on any atom is 0.410 e. The van der Waals surface area contributed by atoms with Gasteiger partial charge in [-0.1, -0.05) is 72.8 Å². The number of hydrogen-bond acceptors (Lipinski definition) is 11. The van der Waals surface area contributed by atoms with Crippen LogP contribution in [0.25, 0.3) is 22.5 Å². The Hall–Kier alpha value is -6.29. The van der Waals surface area contributed by atoms with E-state index in [1.807, 2.05) is 130 Å². The third-order valence-corrected chi connectivity index (χ3v) is 13.2. The van der Waals surface area contributed by atoms with Gasteiger partial charge in [-0.2, -0.15) is 9.10 Å². The number of benzene rings is 5. The average Bonchev–Trinajstić information content (AvgIpc) is 3.77. The van der Waals surface area contributed by atoms with Crippen LogP contribution < -0.4 is 19.9 Å². The molecule has 0 unspecified atom stereocenters. The Labute approximate surface area is 375 Å². The van der Waals surface area contributed by atoms with Gasteiger partial charge in [-0.05, 0) is 127 Å². The zero-order valence-corrected chi connectivity index (χ0v) is 38.2. The maximum atomic E-state index is 16.1. The number of ether oxygens (including phenoxy) is 4. The fraction of sp³-hybridized carbons (Fsp3) is 0.347. The predicted octanol–water partition coefficient (Wildman–Crippen LogP) is 8.12. The van der Waals surface area contributed by atoms with Crippen molar-refractivity contribution in [2.75, 3.05) is 34.4 Å². The minimum absolute atomic E-state index is 0.0541. The molecule has 14 nitrogen and oxygen atoms in total. The number of nitrogens with two attached hydrogens (primary N) is 1. The van der Waals surface area contributed by atoms with E-state index in [4.69, 9.17) is 29.8 Å². The van der Waals surface area contributed by atoms with Crippen LogP contribution in [0.3, 0.4) is 0 Å². The predicted molar refractivity (Wildman–Crippen MR) is 245 cm³/mol. The lowest BCUT2D eigenvalue weighted by Gasteiger charge is -2.34. The molecule has 0 atom stereocenters. The van der Waals surface area contributed by atoms with Crippen molar-refractivity contribution in [3.63, 3.8) is 0 Å². The number of piperidine rings is 1. The lowest BCUT2D eigenvalue weighted by Crippen LogP contribution is -2.42. The summed E-state index contributed by atoms with van der Waals surface area (Å²) in [6, 6.07) is 34.0. The third kappa shape index (κ3) is 11.1. The normalized spacial score (nSPS) is 13.5. The van der Waals surface area contributed by atoms with Gasteiger partial charge in [0.25, 0.3) is 0 Å². The van der Waals surface area contributed by atoms with E-state index in [-0.39, 0.29) is 42.4 Å². The molecule has 336 valence electrons. The number of tetrazole rings is 1. The summed E-state index contributed by atoms with van der Waals surface area (Å²) < 4.78 is 55.5. The molecule has 0 spiro atoms. The zero-order chi connectivity index (χ0) is 45.4. The summed E-state index contributed by atoms with van der Waals surface area (Å²) >= 11 is 0. The lowest BCUT2D eigenvalue weighted by atomic mass is 9.88. The van der Waals surface area contributed by atoms with E-state index in [2.05, 4.69) is 10.3 Å². The molecule has 2 heterocycles. The van der Waals surface area contributed by atoms with E-state index in [0.29, 0.717) is 67.1 Å². The Balaban J connectivity index is 1.38. The first-order valence-corrected chi connectivity index (χ1v) is 22.8. The Morgan fingerprint density at radius 1 is 0.734 bits per heavy atom. The Morgan fingerprint density at radius 2 is 1.25 bits per heavy atom. The molecule has 64 heavy (non-hydrogen) atoms. The molecule has 6 aromatic rings. The molecule has 0 bridgehead atoms. The number of hydrogen-bond donors (Lipinski definition) is 1. The van der Waals surface area contributed by atoms with Crippen molar-refractivity contribution in [1.29, 1.82) is 0 Å². The van der Waals surface area contributed by atoms with Crippen LogP contribution in [0.2, 0.25) is 0 Å². The molecule has 1 aliphatic rings. The van der Waals surface area contributed by atoms with Gasteiger partial charge in [0.2, 0.25) is 15.8 Å². The first kappa shape index (κ1) is 45.7.